The Balaban J connectivity index is 1.87. The van der Waals surface area contributed by atoms with Gasteiger partial charge in [0, 0.05) is 6.42 Å². The third kappa shape index (κ3) is 7.77. The zero-order chi connectivity index (χ0) is 29.8. The number of benzene rings is 3. The standard InChI is InChI=1S/C28H22F6N2O5/c29-27(30,31)40-20-10-4-8-18(12-20)26(16-17-6-2-1-3-7-17,19-9-5-11-21(13-19)41-28(32,33)34)36-25(39)14-22-23(37)15-24(38)35-22/h1-13,22H,14-16H2,(H,35,38)(H,36,39). The predicted molar refractivity (Wildman–Crippen MR) is 131 cm³/mol. The van der Waals surface area contributed by atoms with E-state index in [1.165, 1.54) is 24.3 Å². The lowest BCUT2D eigenvalue weighted by atomic mass is 9.77. The predicted octanol–water partition coefficient (Wildman–Crippen LogP) is 4.93. The average molecular weight is 580 g/mol. The van der Waals surface area contributed by atoms with Crippen LogP contribution < -0.4 is 20.1 Å². The van der Waals surface area contributed by atoms with E-state index < -0.39 is 66.2 Å². The molecule has 4 rings (SSSR count). The maximum absolute atomic E-state index is 13.4. The van der Waals surface area contributed by atoms with Gasteiger partial charge < -0.3 is 20.1 Å². The zero-order valence-corrected chi connectivity index (χ0v) is 21.0. The molecule has 13 heteroatoms. The van der Waals surface area contributed by atoms with E-state index in [4.69, 9.17) is 0 Å². The molecule has 2 amide bonds. The Hall–Kier alpha value is -4.55. The van der Waals surface area contributed by atoms with E-state index in [9.17, 15) is 40.7 Å². The second-order valence-corrected chi connectivity index (χ2v) is 9.23. The highest BCUT2D eigenvalue weighted by Crippen LogP contribution is 2.38. The van der Waals surface area contributed by atoms with Crippen molar-refractivity contribution in [3.8, 4) is 11.5 Å². The molecule has 7 nitrogen and oxygen atoms in total. The molecule has 2 N–H and O–H groups in total. The number of Topliss-reactive ketones (excluding diaryl/α,β-unsaturated/α-hetero) is 1. The maximum atomic E-state index is 13.4. The first-order chi connectivity index (χ1) is 19.2. The number of hydrogen-bond acceptors (Lipinski definition) is 5. The summed E-state index contributed by atoms with van der Waals surface area (Å²) in [4.78, 5) is 37.2. The van der Waals surface area contributed by atoms with Crippen molar-refractivity contribution in [3.05, 3.63) is 95.6 Å². The van der Waals surface area contributed by atoms with Crippen LogP contribution in [0.15, 0.2) is 78.9 Å². The number of carbonyl (C=O) groups excluding carboxylic acids is 3. The summed E-state index contributed by atoms with van der Waals surface area (Å²) >= 11 is 0. The van der Waals surface area contributed by atoms with Crippen LogP contribution in [-0.2, 0) is 26.3 Å². The number of hydrogen-bond donors (Lipinski definition) is 2. The summed E-state index contributed by atoms with van der Waals surface area (Å²) < 4.78 is 86.6. The summed E-state index contributed by atoms with van der Waals surface area (Å²) in [7, 11) is 0. The van der Waals surface area contributed by atoms with Crippen LogP contribution in [-0.4, -0.2) is 36.4 Å². The lowest BCUT2D eigenvalue weighted by Gasteiger charge is -2.37. The molecule has 3 aromatic carbocycles. The van der Waals surface area contributed by atoms with Gasteiger partial charge in [-0.1, -0.05) is 54.6 Å². The fourth-order valence-electron chi connectivity index (χ4n) is 4.63. The van der Waals surface area contributed by atoms with Crippen LogP contribution >= 0.6 is 0 Å². The van der Waals surface area contributed by atoms with Gasteiger partial charge in [0.25, 0.3) is 0 Å². The normalized spacial score (nSPS) is 15.8. The highest BCUT2D eigenvalue weighted by Gasteiger charge is 2.40. The Morgan fingerprint density at radius 2 is 1.34 bits per heavy atom. The van der Waals surface area contributed by atoms with Crippen LogP contribution in [0.1, 0.15) is 29.5 Å². The molecule has 1 atom stereocenters. The van der Waals surface area contributed by atoms with E-state index in [1.54, 1.807) is 30.3 Å². The second kappa shape index (κ2) is 11.5. The van der Waals surface area contributed by atoms with Crippen LogP contribution in [0.3, 0.4) is 0 Å². The summed E-state index contributed by atoms with van der Waals surface area (Å²) in [5.74, 6) is -3.17. The Labute approximate surface area is 229 Å². The third-order valence-corrected chi connectivity index (χ3v) is 6.23. The van der Waals surface area contributed by atoms with Crippen molar-refractivity contribution in [2.75, 3.05) is 0 Å². The van der Waals surface area contributed by atoms with Crippen LogP contribution in [0.4, 0.5) is 26.3 Å². The molecule has 0 bridgehead atoms. The van der Waals surface area contributed by atoms with E-state index >= 15 is 0 Å². The SMILES string of the molecule is O=C1CC(=O)C(CC(=O)NC(Cc2ccccc2)(c2cccc(OC(F)(F)F)c2)c2cccc(OC(F)(F)F)c2)N1. The summed E-state index contributed by atoms with van der Waals surface area (Å²) in [6.45, 7) is 0. The summed E-state index contributed by atoms with van der Waals surface area (Å²) in [5.41, 5.74) is -1.17. The van der Waals surface area contributed by atoms with Gasteiger partial charge in [0.05, 0.1) is 24.4 Å². The van der Waals surface area contributed by atoms with Crippen LogP contribution in [0.2, 0.25) is 0 Å². The van der Waals surface area contributed by atoms with Crippen molar-refractivity contribution >= 4 is 17.6 Å². The number of rotatable bonds is 9. The molecular weight excluding hydrogens is 558 g/mol. The van der Waals surface area contributed by atoms with Crippen molar-refractivity contribution in [3.63, 3.8) is 0 Å². The number of ether oxygens (including phenoxy) is 2. The number of halogens is 6. The molecule has 3 aromatic rings. The smallest absolute Gasteiger partial charge is 0.406 e. The number of nitrogens with one attached hydrogen (secondary N) is 2. The Bertz CT molecular complexity index is 1370. The summed E-state index contributed by atoms with van der Waals surface area (Å²) in [6, 6.07) is 16.5. The topological polar surface area (TPSA) is 93.7 Å². The Kier molecular flexibility index (Phi) is 8.27. The van der Waals surface area contributed by atoms with Gasteiger partial charge in [-0.25, -0.2) is 0 Å². The van der Waals surface area contributed by atoms with E-state index in [2.05, 4.69) is 20.1 Å². The molecule has 1 fully saturated rings. The number of carbonyl (C=O) groups is 3. The Morgan fingerprint density at radius 3 is 1.80 bits per heavy atom. The summed E-state index contributed by atoms with van der Waals surface area (Å²) in [6.07, 6.45) is -11.2. The molecule has 216 valence electrons. The molecule has 1 aliphatic rings. The molecule has 1 saturated heterocycles. The maximum Gasteiger partial charge on any atom is 0.573 e. The van der Waals surface area contributed by atoms with Gasteiger partial charge >= 0.3 is 12.7 Å². The quantitative estimate of drug-likeness (QED) is 0.277. The van der Waals surface area contributed by atoms with Gasteiger partial charge in [-0.3, -0.25) is 14.4 Å². The number of amides is 2. The largest absolute Gasteiger partial charge is 0.573 e. The van der Waals surface area contributed by atoms with E-state index in [-0.39, 0.29) is 17.5 Å². The summed E-state index contributed by atoms with van der Waals surface area (Å²) in [5, 5.41) is 5.12. The number of ketones is 1. The molecule has 1 unspecified atom stereocenters. The average Bonchev–Trinajstić information content (AvgIpc) is 3.18. The molecule has 1 aliphatic heterocycles. The van der Waals surface area contributed by atoms with Crippen molar-refractivity contribution < 1.29 is 50.2 Å². The molecule has 0 saturated carbocycles. The van der Waals surface area contributed by atoms with Crippen LogP contribution in [0, 0.1) is 0 Å². The molecule has 0 aliphatic carbocycles. The Morgan fingerprint density at radius 1 is 0.805 bits per heavy atom. The van der Waals surface area contributed by atoms with Gasteiger partial charge in [0.15, 0.2) is 5.78 Å². The first-order valence-corrected chi connectivity index (χ1v) is 12.1. The van der Waals surface area contributed by atoms with Gasteiger partial charge in [-0.15, -0.1) is 26.3 Å². The zero-order valence-electron chi connectivity index (χ0n) is 21.0. The molecule has 1 heterocycles. The third-order valence-electron chi connectivity index (χ3n) is 6.23. The lowest BCUT2D eigenvalue weighted by molar-refractivity contribution is -0.275. The van der Waals surface area contributed by atoms with E-state index in [1.807, 2.05) is 0 Å². The van der Waals surface area contributed by atoms with Gasteiger partial charge in [-0.05, 0) is 41.0 Å². The highest BCUT2D eigenvalue weighted by atomic mass is 19.4. The van der Waals surface area contributed by atoms with E-state index in [0.717, 1.165) is 24.3 Å². The monoisotopic (exact) mass is 580 g/mol. The van der Waals surface area contributed by atoms with Gasteiger partial charge in [-0.2, -0.15) is 0 Å². The molecule has 0 aromatic heterocycles. The minimum absolute atomic E-state index is 0.0300. The molecular formula is C28H22F6N2O5. The van der Waals surface area contributed by atoms with Gasteiger partial charge in [0.2, 0.25) is 11.8 Å². The number of alkyl halides is 6. The molecule has 0 spiro atoms. The van der Waals surface area contributed by atoms with Crippen molar-refractivity contribution in [1.29, 1.82) is 0 Å². The van der Waals surface area contributed by atoms with E-state index in [0.29, 0.717) is 5.56 Å². The first kappa shape index (κ1) is 29.4. The fourth-order valence-corrected chi connectivity index (χ4v) is 4.63. The van der Waals surface area contributed by atoms with Gasteiger partial charge in [0.1, 0.15) is 11.5 Å². The second-order valence-electron chi connectivity index (χ2n) is 9.23. The molecule has 0 radical (unpaired) electrons. The van der Waals surface area contributed by atoms with Crippen molar-refractivity contribution in [2.45, 2.75) is 43.6 Å². The van der Waals surface area contributed by atoms with Crippen molar-refractivity contribution in [2.24, 2.45) is 0 Å². The minimum Gasteiger partial charge on any atom is -0.406 e. The lowest BCUT2D eigenvalue weighted by Crippen LogP contribution is -2.50. The van der Waals surface area contributed by atoms with Crippen LogP contribution in [0.25, 0.3) is 0 Å². The van der Waals surface area contributed by atoms with Crippen LogP contribution in [0.5, 0.6) is 11.5 Å². The van der Waals surface area contributed by atoms with Crippen molar-refractivity contribution in [1.82, 2.24) is 10.6 Å². The molecule has 41 heavy (non-hydrogen) atoms. The first-order valence-electron chi connectivity index (χ1n) is 12.1. The fraction of sp³-hybridized carbons (Fsp3) is 0.250. The minimum atomic E-state index is -5.05. The highest BCUT2D eigenvalue weighted by molar-refractivity contribution is 6.08.